The summed E-state index contributed by atoms with van der Waals surface area (Å²) in [5.74, 6) is 0. The third-order valence-electron chi connectivity index (χ3n) is 3.70. The monoisotopic (exact) mass is 349 g/mol. The summed E-state index contributed by atoms with van der Waals surface area (Å²) < 4.78 is 34.4. The fourth-order valence-corrected chi connectivity index (χ4v) is 2.79. The van der Waals surface area contributed by atoms with Crippen molar-refractivity contribution in [2.24, 2.45) is 10.2 Å². The topological polar surface area (TPSA) is 62.1 Å². The molecule has 0 radical (unpaired) electrons. The van der Waals surface area contributed by atoms with Crippen LogP contribution < -0.4 is 4.90 Å². The Balaban J connectivity index is 2.20. The van der Waals surface area contributed by atoms with Crippen LogP contribution in [0.1, 0.15) is 19.4 Å². The minimum absolute atomic E-state index is 0.388. The van der Waals surface area contributed by atoms with Gasteiger partial charge >= 0.3 is 10.2 Å². The van der Waals surface area contributed by atoms with Crippen LogP contribution in [0.5, 0.6) is 0 Å². The average molecular weight is 349 g/mol. The number of halogens is 1. The van der Waals surface area contributed by atoms with E-state index in [-0.39, 0.29) is 4.90 Å². The lowest BCUT2D eigenvalue weighted by Crippen LogP contribution is -2.21. The summed E-state index contributed by atoms with van der Waals surface area (Å²) in [5, 5.41) is 8.25. The first-order chi connectivity index (χ1) is 11.3. The summed E-state index contributed by atoms with van der Waals surface area (Å²) >= 11 is 0. The molecule has 0 aliphatic heterocycles. The van der Waals surface area contributed by atoms with Crippen LogP contribution in [-0.4, -0.2) is 21.5 Å². The van der Waals surface area contributed by atoms with Crippen molar-refractivity contribution in [3.8, 4) is 0 Å². The average Bonchev–Trinajstić information content (AvgIpc) is 2.55. The Bertz CT molecular complexity index is 829. The standard InChI is InChI=1S/C17H20FN3O2S/c1-4-21(5-2)15-8-11-17(13(3)12-15)20-19-14-6-9-16(10-7-14)24(18,22)23/h6-12H,4-5H2,1-3H3. The van der Waals surface area contributed by atoms with Gasteiger partial charge in [0.15, 0.2) is 0 Å². The van der Waals surface area contributed by atoms with E-state index >= 15 is 0 Å². The molecule has 0 N–H and O–H groups in total. The minimum atomic E-state index is -4.69. The lowest BCUT2D eigenvalue weighted by atomic mass is 10.1. The fourth-order valence-electron chi connectivity index (χ4n) is 2.32. The second-order valence-corrected chi connectivity index (χ2v) is 6.62. The molecule has 7 heteroatoms. The number of azo groups is 1. The summed E-state index contributed by atoms with van der Waals surface area (Å²) in [5.41, 5.74) is 3.31. The molecule has 0 aliphatic carbocycles. The second kappa shape index (κ2) is 7.53. The molecule has 0 unspecified atom stereocenters. The number of rotatable bonds is 6. The van der Waals surface area contributed by atoms with Crippen molar-refractivity contribution in [2.75, 3.05) is 18.0 Å². The molecule has 0 aromatic heterocycles. The smallest absolute Gasteiger partial charge is 0.332 e. The number of hydrogen-bond acceptors (Lipinski definition) is 5. The third-order valence-corrected chi connectivity index (χ3v) is 4.54. The summed E-state index contributed by atoms with van der Waals surface area (Å²) in [6.07, 6.45) is 0. The fraction of sp³-hybridized carbons (Fsp3) is 0.294. The van der Waals surface area contributed by atoms with Crippen molar-refractivity contribution in [1.82, 2.24) is 0 Å². The molecule has 0 heterocycles. The van der Waals surface area contributed by atoms with Gasteiger partial charge < -0.3 is 4.90 Å². The van der Waals surface area contributed by atoms with Gasteiger partial charge in [-0.05, 0) is 68.8 Å². The van der Waals surface area contributed by atoms with Gasteiger partial charge in [0.2, 0.25) is 0 Å². The Labute approximate surface area is 142 Å². The molecular weight excluding hydrogens is 329 g/mol. The van der Waals surface area contributed by atoms with Gasteiger partial charge in [0, 0.05) is 18.8 Å². The molecular formula is C17H20FN3O2S. The molecule has 128 valence electrons. The van der Waals surface area contributed by atoms with E-state index in [2.05, 4.69) is 35.0 Å². The van der Waals surface area contributed by atoms with Crippen LogP contribution in [-0.2, 0) is 10.2 Å². The molecule has 0 fully saturated rings. The molecule has 2 aromatic rings. The predicted octanol–water partition coefficient (Wildman–Crippen LogP) is 4.91. The van der Waals surface area contributed by atoms with Crippen LogP contribution in [0.15, 0.2) is 57.6 Å². The van der Waals surface area contributed by atoms with Crippen LogP contribution in [0, 0.1) is 6.92 Å². The molecule has 0 bridgehead atoms. The molecule has 24 heavy (non-hydrogen) atoms. The summed E-state index contributed by atoms with van der Waals surface area (Å²) in [6, 6.07) is 11.1. The molecule has 2 aromatic carbocycles. The highest BCUT2D eigenvalue weighted by Crippen LogP contribution is 2.27. The predicted molar refractivity (Wildman–Crippen MR) is 93.7 cm³/mol. The largest absolute Gasteiger partial charge is 0.372 e. The Kier molecular flexibility index (Phi) is 5.66. The van der Waals surface area contributed by atoms with E-state index in [1.807, 2.05) is 19.1 Å². The maximum atomic E-state index is 12.8. The molecule has 0 aliphatic rings. The van der Waals surface area contributed by atoms with E-state index in [0.717, 1.165) is 30.0 Å². The molecule has 0 spiro atoms. The van der Waals surface area contributed by atoms with E-state index in [9.17, 15) is 12.3 Å². The zero-order valence-corrected chi connectivity index (χ0v) is 14.7. The van der Waals surface area contributed by atoms with Gasteiger partial charge in [-0.25, -0.2) is 0 Å². The van der Waals surface area contributed by atoms with Crippen molar-refractivity contribution in [3.05, 3.63) is 48.0 Å². The third kappa shape index (κ3) is 4.38. The van der Waals surface area contributed by atoms with Crippen LogP contribution in [0.2, 0.25) is 0 Å². The number of hydrogen-bond donors (Lipinski definition) is 0. The van der Waals surface area contributed by atoms with Gasteiger partial charge in [-0.2, -0.15) is 18.6 Å². The normalized spacial score (nSPS) is 11.8. The maximum absolute atomic E-state index is 12.8. The number of anilines is 1. The molecule has 5 nitrogen and oxygen atoms in total. The maximum Gasteiger partial charge on any atom is 0.332 e. The van der Waals surface area contributed by atoms with Crippen molar-refractivity contribution in [2.45, 2.75) is 25.7 Å². The first-order valence-electron chi connectivity index (χ1n) is 7.67. The number of benzene rings is 2. The lowest BCUT2D eigenvalue weighted by molar-refractivity contribution is 0.552. The second-order valence-electron chi connectivity index (χ2n) is 5.27. The van der Waals surface area contributed by atoms with Crippen molar-refractivity contribution < 1.29 is 12.3 Å². The summed E-state index contributed by atoms with van der Waals surface area (Å²) in [4.78, 5) is 1.85. The molecule has 0 saturated carbocycles. The van der Waals surface area contributed by atoms with Crippen LogP contribution in [0.4, 0.5) is 20.9 Å². The Morgan fingerprint density at radius 2 is 1.62 bits per heavy atom. The van der Waals surface area contributed by atoms with Crippen LogP contribution >= 0.6 is 0 Å². The Morgan fingerprint density at radius 3 is 2.12 bits per heavy atom. The van der Waals surface area contributed by atoms with E-state index in [1.54, 1.807) is 0 Å². The molecule has 0 amide bonds. The molecule has 2 rings (SSSR count). The molecule has 0 atom stereocenters. The SMILES string of the molecule is CCN(CC)c1ccc(N=Nc2ccc(S(=O)(=O)F)cc2)c(C)c1. The zero-order valence-electron chi connectivity index (χ0n) is 13.9. The first kappa shape index (κ1) is 18.1. The van der Waals surface area contributed by atoms with Crippen LogP contribution in [0.25, 0.3) is 0 Å². The summed E-state index contributed by atoms with van der Waals surface area (Å²) in [7, 11) is -4.69. The van der Waals surface area contributed by atoms with Gasteiger partial charge in [0.05, 0.1) is 16.3 Å². The highest BCUT2D eigenvalue weighted by atomic mass is 32.3. The number of aryl methyl sites for hydroxylation is 1. The summed E-state index contributed by atoms with van der Waals surface area (Å²) in [6.45, 7) is 8.03. The van der Waals surface area contributed by atoms with Crippen molar-refractivity contribution in [1.29, 1.82) is 0 Å². The highest BCUT2D eigenvalue weighted by Gasteiger charge is 2.10. The first-order valence-corrected chi connectivity index (χ1v) is 9.05. The van der Waals surface area contributed by atoms with E-state index < -0.39 is 10.2 Å². The van der Waals surface area contributed by atoms with E-state index in [0.29, 0.717) is 5.69 Å². The van der Waals surface area contributed by atoms with E-state index in [4.69, 9.17) is 0 Å². The van der Waals surface area contributed by atoms with E-state index in [1.165, 1.54) is 24.3 Å². The highest BCUT2D eigenvalue weighted by molar-refractivity contribution is 7.86. The Morgan fingerprint density at radius 1 is 1.00 bits per heavy atom. The van der Waals surface area contributed by atoms with Gasteiger partial charge in [-0.3, -0.25) is 0 Å². The van der Waals surface area contributed by atoms with Crippen molar-refractivity contribution in [3.63, 3.8) is 0 Å². The van der Waals surface area contributed by atoms with Gasteiger partial charge in [-0.1, -0.05) is 0 Å². The quantitative estimate of drug-likeness (QED) is 0.549. The van der Waals surface area contributed by atoms with Gasteiger partial charge in [0.25, 0.3) is 0 Å². The Hall–Kier alpha value is -2.28. The van der Waals surface area contributed by atoms with Gasteiger partial charge in [-0.15, -0.1) is 3.89 Å². The zero-order chi connectivity index (χ0) is 17.7. The van der Waals surface area contributed by atoms with Crippen LogP contribution in [0.3, 0.4) is 0 Å². The minimum Gasteiger partial charge on any atom is -0.372 e. The molecule has 0 saturated heterocycles. The lowest BCUT2D eigenvalue weighted by Gasteiger charge is -2.21. The number of nitrogens with zero attached hydrogens (tertiary/aromatic N) is 3. The van der Waals surface area contributed by atoms with Gasteiger partial charge in [0.1, 0.15) is 0 Å². The van der Waals surface area contributed by atoms with Crippen molar-refractivity contribution >= 4 is 27.3 Å².